The summed E-state index contributed by atoms with van der Waals surface area (Å²) in [7, 11) is 0. The second-order valence-electron chi connectivity index (χ2n) is 2.52. The minimum atomic E-state index is -0.0926. The molecule has 0 saturated carbocycles. The minimum absolute atomic E-state index is 0.0926. The van der Waals surface area contributed by atoms with E-state index in [0.29, 0.717) is 11.8 Å². The van der Waals surface area contributed by atoms with Crippen molar-refractivity contribution in [1.82, 2.24) is 20.3 Å². The first kappa shape index (κ1) is 7.90. The molecule has 0 saturated heterocycles. The Bertz CT molecular complexity index is 308. The lowest BCUT2D eigenvalue weighted by Gasteiger charge is -2.02. The highest BCUT2D eigenvalue weighted by Gasteiger charge is 2.22. The third-order valence-corrected chi connectivity index (χ3v) is 1.76. The van der Waals surface area contributed by atoms with Gasteiger partial charge in [0.2, 0.25) is 11.8 Å². The largest absolute Gasteiger partial charge is 0.339 e. The molecule has 0 amide bonds. The second-order valence-corrected chi connectivity index (χ2v) is 2.52. The minimum Gasteiger partial charge on any atom is -0.339 e. The Balaban J connectivity index is 2.29. The van der Waals surface area contributed by atoms with E-state index in [1.165, 1.54) is 12.7 Å². The smallest absolute Gasteiger partial charge is 0.238 e. The monoisotopic (exact) mass is 180 g/mol. The van der Waals surface area contributed by atoms with E-state index in [1.54, 1.807) is 0 Å². The molecule has 0 fully saturated rings. The molecule has 0 N–H and O–H groups in total. The fourth-order valence-corrected chi connectivity index (χ4v) is 1.13. The highest BCUT2D eigenvalue weighted by molar-refractivity contribution is 5.02. The lowest BCUT2D eigenvalue weighted by atomic mass is 10.1. The van der Waals surface area contributed by atoms with Gasteiger partial charge in [0.05, 0.1) is 0 Å². The predicted octanol–water partition coefficient (Wildman–Crippen LogP) is 0.994. The average Bonchev–Trinajstić information content (AvgIpc) is 2.76. The van der Waals surface area contributed by atoms with Crippen molar-refractivity contribution < 1.29 is 9.05 Å². The van der Waals surface area contributed by atoms with Crippen molar-refractivity contribution in [2.45, 2.75) is 19.3 Å². The van der Waals surface area contributed by atoms with Crippen LogP contribution in [-0.2, 0) is 0 Å². The van der Waals surface area contributed by atoms with Gasteiger partial charge in [-0.3, -0.25) is 0 Å². The van der Waals surface area contributed by atoms with Gasteiger partial charge in [-0.15, -0.1) is 0 Å². The van der Waals surface area contributed by atoms with Crippen molar-refractivity contribution in [2.24, 2.45) is 0 Å². The van der Waals surface area contributed by atoms with Crippen LogP contribution in [-0.4, -0.2) is 20.3 Å². The highest BCUT2D eigenvalue weighted by Crippen LogP contribution is 2.23. The quantitative estimate of drug-likeness (QED) is 0.700. The van der Waals surface area contributed by atoms with Crippen LogP contribution in [0.25, 0.3) is 0 Å². The number of hydrogen-bond acceptors (Lipinski definition) is 6. The van der Waals surface area contributed by atoms with Crippen molar-refractivity contribution in [3.8, 4) is 0 Å². The maximum atomic E-state index is 4.92. The standard InChI is InChI=1S/C7H8N4O2/c1-2-5(6-8-3-10-12-6)7-9-4-11-13-7/h3-5H,2H2,1H3. The molecule has 2 heterocycles. The number of aromatic nitrogens is 4. The van der Waals surface area contributed by atoms with Crippen LogP contribution >= 0.6 is 0 Å². The first-order valence-corrected chi connectivity index (χ1v) is 3.95. The normalized spacial score (nSPS) is 10.9. The van der Waals surface area contributed by atoms with Gasteiger partial charge in [0, 0.05) is 0 Å². The van der Waals surface area contributed by atoms with E-state index in [4.69, 9.17) is 9.05 Å². The van der Waals surface area contributed by atoms with Crippen LogP contribution in [0, 0.1) is 0 Å². The molecule has 13 heavy (non-hydrogen) atoms. The molecule has 0 aliphatic rings. The maximum absolute atomic E-state index is 4.92. The van der Waals surface area contributed by atoms with Crippen LogP contribution in [0.3, 0.4) is 0 Å². The summed E-state index contributed by atoms with van der Waals surface area (Å²) in [5, 5.41) is 7.05. The predicted molar refractivity (Wildman–Crippen MR) is 40.7 cm³/mol. The molecule has 0 unspecified atom stereocenters. The van der Waals surface area contributed by atoms with Crippen LogP contribution in [0.4, 0.5) is 0 Å². The summed E-state index contributed by atoms with van der Waals surface area (Å²) in [6.07, 6.45) is 3.49. The zero-order valence-corrected chi connectivity index (χ0v) is 7.04. The summed E-state index contributed by atoms with van der Waals surface area (Å²) in [5.41, 5.74) is 0. The van der Waals surface area contributed by atoms with E-state index in [9.17, 15) is 0 Å². The van der Waals surface area contributed by atoms with Gasteiger partial charge in [-0.1, -0.05) is 17.2 Å². The lowest BCUT2D eigenvalue weighted by Crippen LogP contribution is -2.00. The third kappa shape index (κ3) is 1.42. The Morgan fingerprint density at radius 3 is 2.00 bits per heavy atom. The average molecular weight is 180 g/mol. The van der Waals surface area contributed by atoms with Gasteiger partial charge < -0.3 is 9.05 Å². The topological polar surface area (TPSA) is 77.8 Å². The Labute approximate surface area is 74.0 Å². The van der Waals surface area contributed by atoms with Crippen molar-refractivity contribution in [2.75, 3.05) is 0 Å². The van der Waals surface area contributed by atoms with Crippen LogP contribution < -0.4 is 0 Å². The van der Waals surface area contributed by atoms with E-state index in [-0.39, 0.29) is 5.92 Å². The van der Waals surface area contributed by atoms with Crippen molar-refractivity contribution in [3.63, 3.8) is 0 Å². The molecule has 6 nitrogen and oxygen atoms in total. The molecule has 2 aromatic rings. The molecule has 0 atom stereocenters. The van der Waals surface area contributed by atoms with Gasteiger partial charge >= 0.3 is 0 Å². The van der Waals surface area contributed by atoms with E-state index >= 15 is 0 Å². The number of hydrogen-bond donors (Lipinski definition) is 0. The second kappa shape index (κ2) is 3.34. The van der Waals surface area contributed by atoms with Crippen LogP contribution in [0.1, 0.15) is 31.0 Å². The summed E-state index contributed by atoms with van der Waals surface area (Å²) in [5.74, 6) is 0.920. The molecule has 0 spiro atoms. The van der Waals surface area contributed by atoms with Gasteiger partial charge in [-0.25, -0.2) is 0 Å². The van der Waals surface area contributed by atoms with Crippen molar-refractivity contribution in [1.29, 1.82) is 0 Å². The van der Waals surface area contributed by atoms with Crippen LogP contribution in [0.5, 0.6) is 0 Å². The summed E-state index contributed by atoms with van der Waals surface area (Å²) in [6, 6.07) is 0. The van der Waals surface area contributed by atoms with E-state index in [0.717, 1.165) is 6.42 Å². The molecule has 2 aromatic heterocycles. The molecule has 68 valence electrons. The molecule has 6 heteroatoms. The number of rotatable bonds is 3. The number of nitrogens with zero attached hydrogens (tertiary/aromatic N) is 4. The lowest BCUT2D eigenvalue weighted by molar-refractivity contribution is 0.313. The molecule has 0 aliphatic carbocycles. The fourth-order valence-electron chi connectivity index (χ4n) is 1.13. The van der Waals surface area contributed by atoms with E-state index in [2.05, 4.69) is 20.3 Å². The van der Waals surface area contributed by atoms with E-state index in [1.807, 2.05) is 6.92 Å². The van der Waals surface area contributed by atoms with Gasteiger partial charge in [0.25, 0.3) is 0 Å². The van der Waals surface area contributed by atoms with Gasteiger partial charge in [-0.2, -0.15) is 9.97 Å². The van der Waals surface area contributed by atoms with Gasteiger partial charge in [0.15, 0.2) is 12.7 Å². The van der Waals surface area contributed by atoms with Crippen LogP contribution in [0.2, 0.25) is 0 Å². The Morgan fingerprint density at radius 2 is 1.69 bits per heavy atom. The third-order valence-electron chi connectivity index (χ3n) is 1.76. The van der Waals surface area contributed by atoms with Crippen molar-refractivity contribution in [3.05, 3.63) is 24.4 Å². The first-order chi connectivity index (χ1) is 6.42. The van der Waals surface area contributed by atoms with Crippen molar-refractivity contribution >= 4 is 0 Å². The highest BCUT2D eigenvalue weighted by atomic mass is 16.5. The molecular formula is C7H8N4O2. The molecule has 2 rings (SSSR count). The molecule has 0 radical (unpaired) electrons. The molecule has 0 aliphatic heterocycles. The fraction of sp³-hybridized carbons (Fsp3) is 0.429. The summed E-state index contributed by atoms with van der Waals surface area (Å²) < 4.78 is 9.84. The summed E-state index contributed by atoms with van der Waals surface area (Å²) in [4.78, 5) is 7.88. The van der Waals surface area contributed by atoms with Crippen LogP contribution in [0.15, 0.2) is 21.7 Å². The molecule has 0 bridgehead atoms. The molecule has 0 aromatic carbocycles. The maximum Gasteiger partial charge on any atom is 0.238 e. The summed E-state index contributed by atoms with van der Waals surface area (Å²) >= 11 is 0. The Kier molecular flexibility index (Phi) is 2.03. The van der Waals surface area contributed by atoms with E-state index < -0.39 is 0 Å². The van der Waals surface area contributed by atoms with Gasteiger partial charge in [-0.05, 0) is 6.42 Å². The zero-order chi connectivity index (χ0) is 9.10. The zero-order valence-electron chi connectivity index (χ0n) is 7.04. The molecular weight excluding hydrogens is 172 g/mol. The first-order valence-electron chi connectivity index (χ1n) is 3.95. The SMILES string of the molecule is CCC(c1ncno1)c1ncno1. The Hall–Kier alpha value is -1.72. The summed E-state index contributed by atoms with van der Waals surface area (Å²) in [6.45, 7) is 1.99. The van der Waals surface area contributed by atoms with Gasteiger partial charge in [0.1, 0.15) is 5.92 Å². The Morgan fingerprint density at radius 1 is 1.15 bits per heavy atom.